The number of primary sulfonamides is 1. The number of halogens is 1. The number of nitrogens with two attached hydrogens (primary N) is 1. The third-order valence-corrected chi connectivity index (χ3v) is 5.23. The van der Waals surface area contributed by atoms with E-state index in [0.717, 1.165) is 6.42 Å². The lowest BCUT2D eigenvalue weighted by Crippen LogP contribution is -2.29. The highest BCUT2D eigenvalue weighted by molar-refractivity contribution is 9.10. The predicted molar refractivity (Wildman–Crippen MR) is 79.7 cm³/mol. The lowest BCUT2D eigenvalue weighted by atomic mass is 10.2. The van der Waals surface area contributed by atoms with E-state index < -0.39 is 10.0 Å². The first-order valence-electron chi connectivity index (χ1n) is 6.28. The van der Waals surface area contributed by atoms with E-state index in [4.69, 9.17) is 5.14 Å². The van der Waals surface area contributed by atoms with Crippen molar-refractivity contribution in [1.82, 2.24) is 4.90 Å². The molecule has 0 aromatic heterocycles. The molecule has 2 N–H and O–H groups in total. The van der Waals surface area contributed by atoms with E-state index in [1.807, 2.05) is 0 Å². The average molecular weight is 361 g/mol. The van der Waals surface area contributed by atoms with E-state index in [9.17, 15) is 13.2 Å². The normalized spacial score (nSPS) is 21.6. The van der Waals surface area contributed by atoms with Crippen LogP contribution in [0.5, 0.6) is 0 Å². The van der Waals surface area contributed by atoms with Crippen LogP contribution < -0.4 is 5.14 Å². The summed E-state index contributed by atoms with van der Waals surface area (Å²) in [7, 11) is -2.09. The largest absolute Gasteiger partial charge is 0.341 e. The van der Waals surface area contributed by atoms with Gasteiger partial charge in [0.05, 0.1) is 10.5 Å². The topological polar surface area (TPSA) is 80.5 Å². The maximum absolute atomic E-state index is 12.4. The van der Waals surface area contributed by atoms with Gasteiger partial charge in [0.2, 0.25) is 10.0 Å². The third kappa shape index (κ3) is 3.39. The first kappa shape index (κ1) is 15.5. The molecule has 2 unspecified atom stereocenters. The molecule has 5 nitrogen and oxygen atoms in total. The Balaban J connectivity index is 2.24. The summed E-state index contributed by atoms with van der Waals surface area (Å²) in [6.07, 6.45) is 1.13. The highest BCUT2D eigenvalue weighted by atomic mass is 79.9. The van der Waals surface area contributed by atoms with Gasteiger partial charge in [-0.1, -0.05) is 6.92 Å². The predicted octanol–water partition coefficient (Wildman–Crippen LogP) is 1.82. The monoisotopic (exact) mass is 360 g/mol. The molecule has 1 aromatic carbocycles. The van der Waals surface area contributed by atoms with Crippen LogP contribution in [-0.2, 0) is 10.0 Å². The van der Waals surface area contributed by atoms with Crippen molar-refractivity contribution in [2.45, 2.75) is 18.2 Å². The van der Waals surface area contributed by atoms with Crippen LogP contribution >= 0.6 is 15.9 Å². The Labute approximate surface area is 127 Å². The summed E-state index contributed by atoms with van der Waals surface area (Å²) < 4.78 is 23.3. The van der Waals surface area contributed by atoms with Crippen molar-refractivity contribution in [3.63, 3.8) is 0 Å². The van der Waals surface area contributed by atoms with Crippen molar-refractivity contribution in [3.8, 4) is 0 Å². The fourth-order valence-corrected chi connectivity index (χ4v) is 3.10. The van der Waals surface area contributed by atoms with Gasteiger partial charge < -0.3 is 4.90 Å². The Bertz CT molecular complexity index is 645. The van der Waals surface area contributed by atoms with Gasteiger partial charge in [-0.2, -0.15) is 0 Å². The molecule has 0 bridgehead atoms. The van der Waals surface area contributed by atoms with E-state index in [1.165, 1.54) is 18.2 Å². The number of nitrogens with zero attached hydrogens (tertiary/aromatic N) is 1. The van der Waals surface area contributed by atoms with Crippen LogP contribution in [-0.4, -0.2) is 32.8 Å². The molecule has 20 heavy (non-hydrogen) atoms. The first-order valence-corrected chi connectivity index (χ1v) is 8.62. The molecule has 0 radical (unpaired) electrons. The number of amides is 1. The quantitative estimate of drug-likeness (QED) is 0.888. The molecule has 1 saturated carbocycles. The smallest absolute Gasteiger partial charge is 0.254 e. The Morgan fingerprint density at radius 2 is 2.10 bits per heavy atom. The summed E-state index contributed by atoms with van der Waals surface area (Å²) in [6, 6.07) is 4.22. The fourth-order valence-electron chi connectivity index (χ4n) is 2.14. The number of benzene rings is 1. The van der Waals surface area contributed by atoms with E-state index in [2.05, 4.69) is 22.9 Å². The summed E-state index contributed by atoms with van der Waals surface area (Å²) in [4.78, 5) is 13.9. The molecule has 7 heteroatoms. The molecule has 0 aliphatic heterocycles. The van der Waals surface area contributed by atoms with Crippen LogP contribution in [0.1, 0.15) is 23.7 Å². The van der Waals surface area contributed by atoms with Crippen molar-refractivity contribution in [2.75, 3.05) is 13.6 Å². The molecule has 1 aromatic rings. The zero-order valence-electron chi connectivity index (χ0n) is 11.3. The molecule has 2 atom stereocenters. The van der Waals surface area contributed by atoms with Crippen molar-refractivity contribution < 1.29 is 13.2 Å². The molecule has 1 aliphatic carbocycles. The van der Waals surface area contributed by atoms with Crippen LogP contribution in [0, 0.1) is 11.8 Å². The molecule has 1 aliphatic rings. The van der Waals surface area contributed by atoms with Crippen LogP contribution in [0.4, 0.5) is 0 Å². The van der Waals surface area contributed by atoms with Gasteiger partial charge in [-0.05, 0) is 52.4 Å². The molecule has 1 amide bonds. The van der Waals surface area contributed by atoms with Gasteiger partial charge in [-0.3, -0.25) is 4.79 Å². The molecule has 1 fully saturated rings. The maximum atomic E-state index is 12.4. The maximum Gasteiger partial charge on any atom is 0.254 e. The number of hydrogen-bond acceptors (Lipinski definition) is 3. The van der Waals surface area contributed by atoms with Crippen LogP contribution in [0.3, 0.4) is 0 Å². The molecule has 0 saturated heterocycles. The summed E-state index contributed by atoms with van der Waals surface area (Å²) in [5, 5.41) is 5.09. The number of sulfonamides is 1. The SMILES string of the molecule is CC1CC1CN(C)C(=O)c1cc(S(N)(=O)=O)ccc1Br. The highest BCUT2D eigenvalue weighted by Crippen LogP contribution is 2.38. The number of rotatable bonds is 4. The Morgan fingerprint density at radius 3 is 2.60 bits per heavy atom. The molecular formula is C13H17BrN2O3S. The van der Waals surface area contributed by atoms with Gasteiger partial charge >= 0.3 is 0 Å². The zero-order chi connectivity index (χ0) is 15.1. The number of hydrogen-bond donors (Lipinski definition) is 1. The minimum absolute atomic E-state index is 0.0581. The average Bonchev–Trinajstić information content (AvgIpc) is 3.03. The Morgan fingerprint density at radius 1 is 1.50 bits per heavy atom. The molecular weight excluding hydrogens is 344 g/mol. The van der Waals surface area contributed by atoms with Gasteiger partial charge in [0.25, 0.3) is 5.91 Å². The van der Waals surface area contributed by atoms with Gasteiger partial charge in [0, 0.05) is 18.1 Å². The Kier molecular flexibility index (Phi) is 4.22. The second-order valence-corrected chi connectivity index (χ2v) is 7.76. The lowest BCUT2D eigenvalue weighted by Gasteiger charge is -2.18. The first-order chi connectivity index (χ1) is 9.20. The molecule has 0 spiro atoms. The number of carbonyl (C=O) groups is 1. The van der Waals surface area contributed by atoms with E-state index in [1.54, 1.807) is 11.9 Å². The van der Waals surface area contributed by atoms with Gasteiger partial charge in [0.15, 0.2) is 0 Å². The van der Waals surface area contributed by atoms with Crippen LogP contribution in [0.2, 0.25) is 0 Å². The highest BCUT2D eigenvalue weighted by Gasteiger charge is 2.34. The molecule has 2 rings (SSSR count). The van der Waals surface area contributed by atoms with Gasteiger partial charge in [-0.15, -0.1) is 0 Å². The second kappa shape index (κ2) is 5.46. The fraction of sp³-hybridized carbons (Fsp3) is 0.462. The Hall–Kier alpha value is -0.920. The standard InChI is InChI=1S/C13H17BrN2O3S/c1-8-5-9(8)7-16(2)13(17)11-6-10(20(15,18)19)3-4-12(11)14/h3-4,6,8-9H,5,7H2,1-2H3,(H2,15,18,19). The summed E-state index contributed by atoms with van der Waals surface area (Å²) >= 11 is 3.28. The molecule has 110 valence electrons. The molecule has 0 heterocycles. The zero-order valence-corrected chi connectivity index (χ0v) is 13.7. The van der Waals surface area contributed by atoms with Crippen LogP contribution in [0.25, 0.3) is 0 Å². The lowest BCUT2D eigenvalue weighted by molar-refractivity contribution is 0.0786. The third-order valence-electron chi connectivity index (χ3n) is 3.63. The van der Waals surface area contributed by atoms with E-state index in [-0.39, 0.29) is 10.8 Å². The number of carbonyl (C=O) groups excluding carboxylic acids is 1. The van der Waals surface area contributed by atoms with E-state index in [0.29, 0.717) is 28.4 Å². The van der Waals surface area contributed by atoms with Gasteiger partial charge in [0.1, 0.15) is 0 Å². The van der Waals surface area contributed by atoms with E-state index >= 15 is 0 Å². The van der Waals surface area contributed by atoms with Crippen molar-refractivity contribution in [1.29, 1.82) is 0 Å². The minimum Gasteiger partial charge on any atom is -0.341 e. The minimum atomic E-state index is -3.81. The summed E-state index contributed by atoms with van der Waals surface area (Å²) in [6.45, 7) is 2.84. The van der Waals surface area contributed by atoms with Crippen molar-refractivity contribution in [2.24, 2.45) is 17.0 Å². The summed E-state index contributed by atoms with van der Waals surface area (Å²) in [5.41, 5.74) is 0.312. The van der Waals surface area contributed by atoms with Gasteiger partial charge in [-0.25, -0.2) is 13.6 Å². The van der Waals surface area contributed by atoms with Crippen LogP contribution in [0.15, 0.2) is 27.6 Å². The van der Waals surface area contributed by atoms with Crippen molar-refractivity contribution >= 4 is 31.9 Å². The second-order valence-electron chi connectivity index (χ2n) is 5.35. The summed E-state index contributed by atoms with van der Waals surface area (Å²) in [5.74, 6) is 0.995. The van der Waals surface area contributed by atoms with Crippen molar-refractivity contribution in [3.05, 3.63) is 28.2 Å².